The van der Waals surface area contributed by atoms with E-state index < -0.39 is 0 Å². The Labute approximate surface area is 337 Å². The molecule has 0 radical (unpaired) electrons. The normalized spacial score (nSPS) is 11.7. The number of benzene rings is 8. The Kier molecular flexibility index (Phi) is 7.16. The number of aromatic nitrogens is 5. The maximum Gasteiger partial charge on any atom is 0.167 e. The molecule has 0 unspecified atom stereocenters. The fourth-order valence-corrected chi connectivity index (χ4v) is 8.94. The van der Waals surface area contributed by atoms with Crippen molar-refractivity contribution in [3.63, 3.8) is 0 Å². The molecule has 0 spiro atoms. The summed E-state index contributed by atoms with van der Waals surface area (Å²) >= 11 is 0. The Hall–Kier alpha value is -8.34. The van der Waals surface area contributed by atoms with E-state index in [1.165, 1.54) is 0 Å². The first-order chi connectivity index (χ1) is 29.3. The van der Waals surface area contributed by atoms with E-state index in [1.807, 2.05) is 78.9 Å². The maximum absolute atomic E-state index is 11.6. The van der Waals surface area contributed by atoms with Crippen molar-refractivity contribution in [2.45, 2.75) is 0 Å². The molecule has 0 amide bonds. The van der Waals surface area contributed by atoms with Crippen LogP contribution < -0.4 is 0 Å². The average molecular weight is 755 g/mol. The summed E-state index contributed by atoms with van der Waals surface area (Å²) < 4.78 is 11.4. The molecule has 0 aliphatic heterocycles. The predicted octanol–water partition coefficient (Wildman–Crippen LogP) is 12.8. The van der Waals surface area contributed by atoms with Crippen LogP contribution in [-0.4, -0.2) is 24.1 Å². The minimum absolute atomic E-state index is 0.406. The number of fused-ring (bicyclic) bond motifs is 9. The number of hydrogen-bond donors (Lipinski definition) is 0. The fourth-order valence-electron chi connectivity index (χ4n) is 8.94. The van der Waals surface area contributed by atoms with Crippen molar-refractivity contribution >= 4 is 65.6 Å². The zero-order valence-electron chi connectivity index (χ0n) is 31.4. The lowest BCUT2D eigenvalue weighted by atomic mass is 9.97. The van der Waals surface area contributed by atoms with E-state index in [2.05, 4.69) is 118 Å². The second-order valence-corrected chi connectivity index (χ2v) is 14.6. The molecule has 12 rings (SSSR count). The summed E-state index contributed by atoms with van der Waals surface area (Å²) in [5, 5.41) is 17.5. The average Bonchev–Trinajstić information content (AvgIpc) is 3.97. The quantitative estimate of drug-likeness (QED) is 0.175. The number of nitriles is 1. The van der Waals surface area contributed by atoms with Crippen LogP contribution in [0.15, 0.2) is 186 Å². The smallest absolute Gasteiger partial charge is 0.167 e. The number of para-hydroxylation sites is 5. The van der Waals surface area contributed by atoms with Gasteiger partial charge in [0, 0.05) is 43.4 Å². The zero-order valence-corrected chi connectivity index (χ0v) is 31.4. The van der Waals surface area contributed by atoms with Gasteiger partial charge >= 0.3 is 0 Å². The first-order valence-electron chi connectivity index (χ1n) is 19.5. The van der Waals surface area contributed by atoms with Gasteiger partial charge in [0.15, 0.2) is 23.1 Å². The van der Waals surface area contributed by atoms with Gasteiger partial charge in [0.1, 0.15) is 17.2 Å². The van der Waals surface area contributed by atoms with E-state index in [0.717, 1.165) is 76.8 Å². The van der Waals surface area contributed by atoms with Crippen molar-refractivity contribution in [2.75, 3.05) is 0 Å². The zero-order chi connectivity index (χ0) is 39.0. The Bertz CT molecular complexity index is 3520. The SMILES string of the molecule is N#Cc1c(-n2c3ccccc3c3ccccc32)c(-n2c3ccccc3c3ccccc32)c(-c2nc(-c3ccccc3)nc(-c3ccccc3)n2)c2c1oc1ccccc12. The van der Waals surface area contributed by atoms with E-state index in [-0.39, 0.29) is 0 Å². The van der Waals surface area contributed by atoms with Gasteiger partial charge in [0.05, 0.1) is 39.0 Å². The second kappa shape index (κ2) is 12.8. The van der Waals surface area contributed by atoms with Crippen LogP contribution >= 0.6 is 0 Å². The molecule has 0 atom stereocenters. The Morgan fingerprint density at radius 3 is 1.27 bits per heavy atom. The van der Waals surface area contributed by atoms with E-state index in [4.69, 9.17) is 19.4 Å². The highest BCUT2D eigenvalue weighted by molar-refractivity contribution is 6.20. The van der Waals surface area contributed by atoms with Crippen LogP contribution in [0.5, 0.6) is 0 Å². The Morgan fingerprint density at radius 2 is 0.797 bits per heavy atom. The minimum atomic E-state index is 0.406. The summed E-state index contributed by atoms with van der Waals surface area (Å²) in [6.07, 6.45) is 0. The highest BCUT2D eigenvalue weighted by Gasteiger charge is 2.32. The van der Waals surface area contributed by atoms with Crippen molar-refractivity contribution in [3.05, 3.63) is 188 Å². The summed E-state index contributed by atoms with van der Waals surface area (Å²) in [5.41, 5.74) is 9.28. The third-order valence-corrected chi connectivity index (χ3v) is 11.4. The summed E-state index contributed by atoms with van der Waals surface area (Å²) in [4.78, 5) is 15.9. The molecule has 0 aliphatic carbocycles. The molecule has 4 aromatic heterocycles. The number of furan rings is 1. The van der Waals surface area contributed by atoms with Crippen LogP contribution in [0.4, 0.5) is 0 Å². The monoisotopic (exact) mass is 754 g/mol. The third kappa shape index (κ3) is 4.84. The van der Waals surface area contributed by atoms with E-state index in [0.29, 0.717) is 39.9 Å². The lowest BCUT2D eigenvalue weighted by Gasteiger charge is -2.22. The molecule has 0 saturated carbocycles. The molecule has 274 valence electrons. The van der Waals surface area contributed by atoms with E-state index in [9.17, 15) is 5.26 Å². The van der Waals surface area contributed by atoms with Crippen LogP contribution in [0.1, 0.15) is 5.56 Å². The van der Waals surface area contributed by atoms with Gasteiger partial charge in [-0.25, -0.2) is 15.0 Å². The second-order valence-electron chi connectivity index (χ2n) is 14.6. The fraction of sp³-hybridized carbons (Fsp3) is 0. The molecular weight excluding hydrogens is 725 g/mol. The number of rotatable bonds is 5. The van der Waals surface area contributed by atoms with Gasteiger partial charge in [-0.2, -0.15) is 5.26 Å². The standard InChI is InChI=1S/C52H30N6O/c53-31-39-47(57-40-26-12-7-21-34(40)35-22-8-13-27-41(35)57)48(58-42-28-14-9-23-36(42)37-24-10-15-29-43(37)58)46(45-38-25-11-16-30-44(38)59-49(39)45)52-55-50(32-17-3-1-4-18-32)54-51(56-52)33-19-5-2-6-20-33/h1-30H. The predicted molar refractivity (Wildman–Crippen MR) is 237 cm³/mol. The summed E-state index contributed by atoms with van der Waals surface area (Å²) in [5.74, 6) is 1.52. The molecule has 0 aliphatic rings. The largest absolute Gasteiger partial charge is 0.455 e. The van der Waals surface area contributed by atoms with Gasteiger partial charge in [-0.1, -0.05) is 152 Å². The van der Waals surface area contributed by atoms with Gasteiger partial charge < -0.3 is 13.6 Å². The third-order valence-electron chi connectivity index (χ3n) is 11.4. The maximum atomic E-state index is 11.6. The molecule has 8 aromatic carbocycles. The Balaban J connectivity index is 1.39. The molecule has 0 fully saturated rings. The first kappa shape index (κ1) is 32.9. The molecular formula is C52H30N6O. The molecule has 0 N–H and O–H groups in total. The van der Waals surface area contributed by atoms with Crippen LogP contribution in [0, 0.1) is 11.3 Å². The summed E-state index contributed by atoms with van der Waals surface area (Å²) in [7, 11) is 0. The minimum Gasteiger partial charge on any atom is -0.455 e. The summed E-state index contributed by atoms with van der Waals surface area (Å²) in [6, 6.07) is 64.4. The molecule has 0 saturated heterocycles. The molecule has 7 nitrogen and oxygen atoms in total. The van der Waals surface area contributed by atoms with Crippen molar-refractivity contribution < 1.29 is 4.42 Å². The van der Waals surface area contributed by atoms with Crippen LogP contribution in [0.2, 0.25) is 0 Å². The molecule has 4 heterocycles. The number of hydrogen-bond acceptors (Lipinski definition) is 5. The van der Waals surface area contributed by atoms with Gasteiger partial charge in [-0.15, -0.1) is 0 Å². The molecule has 0 bridgehead atoms. The molecule has 12 aromatic rings. The molecule has 7 heteroatoms. The van der Waals surface area contributed by atoms with Crippen LogP contribution in [0.25, 0.3) is 111 Å². The topological polar surface area (TPSA) is 85.5 Å². The Morgan fingerprint density at radius 1 is 0.407 bits per heavy atom. The van der Waals surface area contributed by atoms with Crippen molar-refractivity contribution in [3.8, 4) is 51.6 Å². The molecule has 59 heavy (non-hydrogen) atoms. The van der Waals surface area contributed by atoms with E-state index in [1.54, 1.807) is 0 Å². The lowest BCUT2D eigenvalue weighted by Crippen LogP contribution is -2.10. The highest BCUT2D eigenvalue weighted by Crippen LogP contribution is 2.49. The lowest BCUT2D eigenvalue weighted by molar-refractivity contribution is 0.667. The highest BCUT2D eigenvalue weighted by atomic mass is 16.3. The van der Waals surface area contributed by atoms with E-state index >= 15 is 0 Å². The first-order valence-corrected chi connectivity index (χ1v) is 19.5. The van der Waals surface area contributed by atoms with Gasteiger partial charge in [-0.05, 0) is 30.3 Å². The van der Waals surface area contributed by atoms with Gasteiger partial charge in [0.2, 0.25) is 0 Å². The van der Waals surface area contributed by atoms with Crippen molar-refractivity contribution in [1.82, 2.24) is 24.1 Å². The van der Waals surface area contributed by atoms with Crippen molar-refractivity contribution in [1.29, 1.82) is 5.26 Å². The van der Waals surface area contributed by atoms with Crippen LogP contribution in [0.3, 0.4) is 0 Å². The van der Waals surface area contributed by atoms with Gasteiger partial charge in [0.25, 0.3) is 0 Å². The van der Waals surface area contributed by atoms with Crippen LogP contribution in [-0.2, 0) is 0 Å². The summed E-state index contributed by atoms with van der Waals surface area (Å²) in [6.45, 7) is 0. The number of nitrogens with zero attached hydrogens (tertiary/aromatic N) is 6. The van der Waals surface area contributed by atoms with Crippen molar-refractivity contribution in [2.24, 2.45) is 0 Å². The van der Waals surface area contributed by atoms with Gasteiger partial charge in [-0.3, -0.25) is 0 Å².